The number of hydrogen-bond donors (Lipinski definition) is 2. The molecular formula is C18H21ClN2O3S. The van der Waals surface area contributed by atoms with E-state index < -0.39 is 10.0 Å². The monoisotopic (exact) mass is 380 g/mol. The van der Waals surface area contributed by atoms with Crippen LogP contribution in [0.4, 0.5) is 0 Å². The zero-order valence-electron chi connectivity index (χ0n) is 14.1. The summed E-state index contributed by atoms with van der Waals surface area (Å²) in [7, 11) is -3.73. The Morgan fingerprint density at radius 1 is 1.12 bits per heavy atom. The first-order valence-electron chi connectivity index (χ1n) is 7.90. The lowest BCUT2D eigenvalue weighted by Gasteiger charge is -2.15. The summed E-state index contributed by atoms with van der Waals surface area (Å²) in [6, 6.07) is 13.9. The maximum absolute atomic E-state index is 12.2. The quantitative estimate of drug-likeness (QED) is 0.774. The molecule has 0 fully saturated rings. The van der Waals surface area contributed by atoms with Crippen LogP contribution in [-0.4, -0.2) is 20.9 Å². The molecule has 2 N–H and O–H groups in total. The first-order chi connectivity index (χ1) is 11.8. The van der Waals surface area contributed by atoms with Gasteiger partial charge in [-0.05, 0) is 31.5 Å². The molecule has 0 spiro atoms. The molecule has 0 saturated heterocycles. The zero-order chi connectivity index (χ0) is 18.4. The Morgan fingerprint density at radius 3 is 2.40 bits per heavy atom. The van der Waals surface area contributed by atoms with Crippen molar-refractivity contribution in [3.8, 4) is 0 Å². The minimum Gasteiger partial charge on any atom is -0.350 e. The molecule has 2 aromatic carbocycles. The fraction of sp³-hybridized carbons (Fsp3) is 0.278. The molecule has 25 heavy (non-hydrogen) atoms. The summed E-state index contributed by atoms with van der Waals surface area (Å²) in [5.74, 6) is -0.227. The van der Waals surface area contributed by atoms with Gasteiger partial charge in [0, 0.05) is 13.0 Å². The molecule has 0 heterocycles. The van der Waals surface area contributed by atoms with Gasteiger partial charge in [-0.3, -0.25) is 4.79 Å². The molecule has 0 aliphatic rings. The lowest BCUT2D eigenvalue weighted by molar-refractivity contribution is -0.121. The van der Waals surface area contributed by atoms with Crippen molar-refractivity contribution in [2.75, 3.05) is 6.54 Å². The van der Waals surface area contributed by atoms with Gasteiger partial charge < -0.3 is 5.32 Å². The summed E-state index contributed by atoms with van der Waals surface area (Å²) in [6.45, 7) is 3.88. The Kier molecular flexibility index (Phi) is 6.58. The van der Waals surface area contributed by atoms with Crippen molar-refractivity contribution in [2.24, 2.45) is 0 Å². The van der Waals surface area contributed by atoms with Crippen LogP contribution in [0, 0.1) is 6.92 Å². The third-order valence-corrected chi connectivity index (χ3v) is 5.69. The molecule has 0 aliphatic heterocycles. The molecular weight excluding hydrogens is 360 g/mol. The van der Waals surface area contributed by atoms with Crippen molar-refractivity contribution >= 4 is 27.5 Å². The van der Waals surface area contributed by atoms with Gasteiger partial charge in [0.15, 0.2) is 0 Å². The fourth-order valence-corrected chi connectivity index (χ4v) is 3.84. The Labute approximate surface area is 153 Å². The fourth-order valence-electron chi connectivity index (χ4n) is 2.29. The van der Waals surface area contributed by atoms with Gasteiger partial charge in [-0.15, -0.1) is 0 Å². The van der Waals surface area contributed by atoms with E-state index in [0.717, 1.165) is 11.1 Å². The van der Waals surface area contributed by atoms with Crippen molar-refractivity contribution in [3.05, 3.63) is 64.7 Å². The van der Waals surface area contributed by atoms with Crippen molar-refractivity contribution < 1.29 is 13.2 Å². The van der Waals surface area contributed by atoms with E-state index in [1.807, 2.05) is 38.1 Å². The van der Waals surface area contributed by atoms with Crippen molar-refractivity contribution in [1.29, 1.82) is 0 Å². The van der Waals surface area contributed by atoms with Gasteiger partial charge in [-0.25, -0.2) is 13.1 Å². The number of sulfonamides is 1. The van der Waals surface area contributed by atoms with Crippen LogP contribution in [-0.2, 0) is 14.8 Å². The Balaban J connectivity index is 1.86. The molecule has 7 heteroatoms. The van der Waals surface area contributed by atoms with E-state index in [2.05, 4.69) is 10.0 Å². The lowest BCUT2D eigenvalue weighted by Crippen LogP contribution is -2.32. The summed E-state index contributed by atoms with van der Waals surface area (Å²) in [5.41, 5.74) is 2.15. The van der Waals surface area contributed by atoms with Crippen molar-refractivity contribution in [3.63, 3.8) is 0 Å². The maximum Gasteiger partial charge on any atom is 0.242 e. The third-order valence-electron chi connectivity index (χ3n) is 3.73. The number of carbonyl (C=O) groups excluding carboxylic acids is 1. The smallest absolute Gasteiger partial charge is 0.242 e. The topological polar surface area (TPSA) is 75.3 Å². The number of halogens is 1. The van der Waals surface area contributed by atoms with E-state index in [4.69, 9.17) is 11.6 Å². The standard InChI is InChI=1S/C18H21ClN2O3S/c1-13-7-9-15(10-8-13)14(2)21-18(22)11-12-20-25(23,24)17-6-4-3-5-16(17)19/h3-10,14,20H,11-12H2,1-2H3,(H,21,22). The summed E-state index contributed by atoms with van der Waals surface area (Å²) < 4.78 is 26.8. The number of carbonyl (C=O) groups is 1. The average Bonchev–Trinajstić information content (AvgIpc) is 2.55. The van der Waals surface area contributed by atoms with Gasteiger partial charge in [0.2, 0.25) is 15.9 Å². The highest BCUT2D eigenvalue weighted by Crippen LogP contribution is 2.20. The van der Waals surface area contributed by atoms with E-state index in [9.17, 15) is 13.2 Å². The highest BCUT2D eigenvalue weighted by molar-refractivity contribution is 7.89. The second kappa shape index (κ2) is 8.47. The molecule has 0 radical (unpaired) electrons. The van der Waals surface area contributed by atoms with Crippen LogP contribution in [0.15, 0.2) is 53.4 Å². The number of hydrogen-bond acceptors (Lipinski definition) is 3. The maximum atomic E-state index is 12.2. The average molecular weight is 381 g/mol. The molecule has 1 atom stereocenters. The van der Waals surface area contributed by atoms with Crippen LogP contribution >= 0.6 is 11.6 Å². The molecule has 2 rings (SSSR count). The molecule has 134 valence electrons. The number of benzene rings is 2. The van der Waals surface area contributed by atoms with E-state index in [-0.39, 0.29) is 34.8 Å². The normalized spacial score (nSPS) is 12.6. The van der Waals surface area contributed by atoms with E-state index in [1.54, 1.807) is 12.1 Å². The Hall–Kier alpha value is -1.89. The number of rotatable bonds is 7. The van der Waals surface area contributed by atoms with Gasteiger partial charge in [-0.2, -0.15) is 0 Å². The van der Waals surface area contributed by atoms with Crippen LogP contribution in [0.2, 0.25) is 5.02 Å². The molecule has 1 amide bonds. The van der Waals surface area contributed by atoms with Crippen LogP contribution in [0.1, 0.15) is 30.5 Å². The molecule has 0 aromatic heterocycles. The predicted octanol–water partition coefficient (Wildman–Crippen LogP) is 3.19. The zero-order valence-corrected chi connectivity index (χ0v) is 15.7. The number of amides is 1. The molecule has 0 bridgehead atoms. The summed E-state index contributed by atoms with van der Waals surface area (Å²) in [6.07, 6.45) is 0.0416. The number of nitrogens with one attached hydrogen (secondary N) is 2. The summed E-state index contributed by atoms with van der Waals surface area (Å²) >= 11 is 5.90. The molecule has 2 aromatic rings. The van der Waals surface area contributed by atoms with E-state index in [0.29, 0.717) is 0 Å². The van der Waals surface area contributed by atoms with Gasteiger partial charge in [0.25, 0.3) is 0 Å². The van der Waals surface area contributed by atoms with E-state index >= 15 is 0 Å². The number of aryl methyl sites for hydroxylation is 1. The Morgan fingerprint density at radius 2 is 1.76 bits per heavy atom. The summed E-state index contributed by atoms with van der Waals surface area (Å²) in [5, 5.41) is 3.00. The molecule has 0 saturated carbocycles. The molecule has 0 aliphatic carbocycles. The highest BCUT2D eigenvalue weighted by Gasteiger charge is 2.17. The minimum absolute atomic E-state index is 0.00000761. The largest absolute Gasteiger partial charge is 0.350 e. The van der Waals surface area contributed by atoms with Crippen LogP contribution in [0.25, 0.3) is 0 Å². The van der Waals surface area contributed by atoms with Crippen molar-refractivity contribution in [2.45, 2.75) is 31.2 Å². The van der Waals surface area contributed by atoms with Crippen LogP contribution in [0.3, 0.4) is 0 Å². The predicted molar refractivity (Wildman–Crippen MR) is 99.0 cm³/mol. The molecule has 1 unspecified atom stereocenters. The van der Waals surface area contributed by atoms with Gasteiger partial charge in [-0.1, -0.05) is 53.6 Å². The lowest BCUT2D eigenvalue weighted by atomic mass is 10.1. The van der Waals surface area contributed by atoms with Crippen LogP contribution < -0.4 is 10.0 Å². The van der Waals surface area contributed by atoms with Crippen LogP contribution in [0.5, 0.6) is 0 Å². The minimum atomic E-state index is -3.73. The second-order valence-corrected chi connectivity index (χ2v) is 7.92. The van der Waals surface area contributed by atoms with Crippen molar-refractivity contribution in [1.82, 2.24) is 10.0 Å². The SMILES string of the molecule is Cc1ccc(C(C)NC(=O)CCNS(=O)(=O)c2ccccc2Cl)cc1. The first-order valence-corrected chi connectivity index (χ1v) is 9.76. The first kappa shape index (κ1) is 19.4. The van der Waals surface area contributed by atoms with Gasteiger partial charge in [0.05, 0.1) is 11.1 Å². The highest BCUT2D eigenvalue weighted by atomic mass is 35.5. The third kappa shape index (κ3) is 5.56. The van der Waals surface area contributed by atoms with Gasteiger partial charge >= 0.3 is 0 Å². The second-order valence-electron chi connectivity index (χ2n) is 5.78. The molecule has 5 nitrogen and oxygen atoms in total. The summed E-state index contributed by atoms with van der Waals surface area (Å²) in [4.78, 5) is 12.0. The van der Waals surface area contributed by atoms with Gasteiger partial charge in [0.1, 0.15) is 4.90 Å². The van der Waals surface area contributed by atoms with E-state index in [1.165, 1.54) is 12.1 Å². The Bertz CT molecular complexity index is 836.